The van der Waals surface area contributed by atoms with Crippen molar-refractivity contribution in [3.05, 3.63) is 101 Å². The molecule has 0 aromatic heterocycles. The average molecular weight is 456 g/mol. The number of methoxy groups -OCH3 is 1. The zero-order valence-electron chi connectivity index (χ0n) is 19.9. The van der Waals surface area contributed by atoms with Gasteiger partial charge < -0.3 is 9.64 Å². The molecule has 1 aliphatic heterocycles. The van der Waals surface area contributed by atoms with Gasteiger partial charge in [-0.3, -0.25) is 4.79 Å². The van der Waals surface area contributed by atoms with Crippen molar-refractivity contribution < 1.29 is 13.9 Å². The van der Waals surface area contributed by atoms with Crippen molar-refractivity contribution in [2.24, 2.45) is 17.8 Å². The number of carbonyl (C=O) groups excluding carboxylic acids is 1. The van der Waals surface area contributed by atoms with Crippen LogP contribution in [-0.4, -0.2) is 17.9 Å². The summed E-state index contributed by atoms with van der Waals surface area (Å²) >= 11 is 0. The van der Waals surface area contributed by atoms with Gasteiger partial charge in [0.2, 0.25) is 5.91 Å². The van der Waals surface area contributed by atoms with Crippen molar-refractivity contribution in [3.63, 3.8) is 0 Å². The van der Waals surface area contributed by atoms with Gasteiger partial charge in [0.15, 0.2) is 0 Å². The first-order chi connectivity index (χ1) is 16.5. The van der Waals surface area contributed by atoms with Crippen LogP contribution in [0.15, 0.2) is 78.9 Å². The summed E-state index contributed by atoms with van der Waals surface area (Å²) in [7, 11) is 1.65. The standard InChI is InChI=1S/C30H30FNO2/c1-19-8-7-11-25-28(19)30(33)32(18-21-9-5-4-6-10-21)29(25)24-14-12-23(17-26(24)31)22-13-15-27(34-3)20(2)16-22/h4-7,9-17,19,25,28-29H,8,18H2,1-3H3/t19-,25+,28+,29-/m0/s1. The molecule has 4 heteroatoms. The second-order valence-corrected chi connectivity index (χ2v) is 9.56. The molecule has 3 nitrogen and oxygen atoms in total. The molecule has 1 amide bonds. The molecule has 1 fully saturated rings. The van der Waals surface area contributed by atoms with E-state index in [0.29, 0.717) is 12.1 Å². The molecule has 3 aromatic rings. The van der Waals surface area contributed by atoms with Gasteiger partial charge in [0, 0.05) is 23.9 Å². The summed E-state index contributed by atoms with van der Waals surface area (Å²) in [6.45, 7) is 4.60. The summed E-state index contributed by atoms with van der Waals surface area (Å²) in [4.78, 5) is 15.5. The van der Waals surface area contributed by atoms with E-state index < -0.39 is 0 Å². The number of nitrogens with zero attached hydrogens (tertiary/aromatic N) is 1. The Kier molecular flexibility index (Phi) is 5.99. The number of hydrogen-bond donors (Lipinski definition) is 0. The average Bonchev–Trinajstić information content (AvgIpc) is 3.12. The Balaban J connectivity index is 1.54. The van der Waals surface area contributed by atoms with Gasteiger partial charge in [-0.15, -0.1) is 0 Å². The quantitative estimate of drug-likeness (QED) is 0.400. The Labute approximate surface area is 200 Å². The van der Waals surface area contributed by atoms with Crippen LogP contribution in [0.1, 0.15) is 36.1 Å². The van der Waals surface area contributed by atoms with Crippen molar-refractivity contribution in [1.82, 2.24) is 4.90 Å². The minimum atomic E-state index is -0.316. The summed E-state index contributed by atoms with van der Waals surface area (Å²) < 4.78 is 21.1. The maximum Gasteiger partial charge on any atom is 0.227 e. The minimum Gasteiger partial charge on any atom is -0.496 e. The third-order valence-corrected chi connectivity index (χ3v) is 7.41. The molecule has 4 atom stereocenters. The van der Waals surface area contributed by atoms with Gasteiger partial charge in [-0.1, -0.05) is 67.6 Å². The number of ether oxygens (including phenoxy) is 1. The number of hydrogen-bond acceptors (Lipinski definition) is 2. The van der Waals surface area contributed by atoms with E-state index in [1.165, 1.54) is 0 Å². The lowest BCUT2D eigenvalue weighted by molar-refractivity contribution is -0.134. The highest BCUT2D eigenvalue weighted by Gasteiger charge is 2.50. The van der Waals surface area contributed by atoms with Gasteiger partial charge in [0.05, 0.1) is 13.2 Å². The molecule has 0 N–H and O–H groups in total. The Morgan fingerprint density at radius 3 is 2.47 bits per heavy atom. The zero-order valence-corrected chi connectivity index (χ0v) is 19.9. The van der Waals surface area contributed by atoms with Crippen LogP contribution < -0.4 is 4.74 Å². The third-order valence-electron chi connectivity index (χ3n) is 7.41. The number of rotatable bonds is 5. The Morgan fingerprint density at radius 1 is 1.03 bits per heavy atom. The summed E-state index contributed by atoms with van der Waals surface area (Å²) in [5, 5.41) is 0. The van der Waals surface area contributed by atoms with Crippen molar-refractivity contribution in [2.75, 3.05) is 7.11 Å². The summed E-state index contributed by atoms with van der Waals surface area (Å²) in [6, 6.07) is 21.0. The molecule has 2 aliphatic rings. The van der Waals surface area contributed by atoms with Crippen LogP contribution in [0.4, 0.5) is 4.39 Å². The van der Waals surface area contributed by atoms with Gasteiger partial charge in [-0.25, -0.2) is 4.39 Å². The molecular weight excluding hydrogens is 425 g/mol. The van der Waals surface area contributed by atoms with Gasteiger partial charge in [0.1, 0.15) is 11.6 Å². The van der Waals surface area contributed by atoms with Gasteiger partial charge >= 0.3 is 0 Å². The monoisotopic (exact) mass is 455 g/mol. The molecule has 1 saturated heterocycles. The van der Waals surface area contributed by atoms with Crippen LogP contribution in [0, 0.1) is 30.5 Å². The van der Waals surface area contributed by atoms with Crippen LogP contribution >= 0.6 is 0 Å². The summed E-state index contributed by atoms with van der Waals surface area (Å²) in [5.74, 6) is 0.783. The number of amides is 1. The highest BCUT2D eigenvalue weighted by atomic mass is 19.1. The predicted molar refractivity (Wildman–Crippen MR) is 133 cm³/mol. The fourth-order valence-corrected chi connectivity index (χ4v) is 5.68. The smallest absolute Gasteiger partial charge is 0.227 e. The van der Waals surface area contributed by atoms with Crippen molar-refractivity contribution in [3.8, 4) is 16.9 Å². The van der Waals surface area contributed by atoms with Crippen molar-refractivity contribution in [2.45, 2.75) is 32.9 Å². The van der Waals surface area contributed by atoms with E-state index in [1.54, 1.807) is 13.2 Å². The van der Waals surface area contributed by atoms with Gasteiger partial charge in [0.25, 0.3) is 0 Å². The van der Waals surface area contributed by atoms with E-state index in [0.717, 1.165) is 34.4 Å². The number of aryl methyl sites for hydroxylation is 1. The second kappa shape index (κ2) is 9.09. The maximum absolute atomic E-state index is 15.7. The van der Waals surface area contributed by atoms with Gasteiger partial charge in [-0.2, -0.15) is 0 Å². The molecule has 0 radical (unpaired) electrons. The SMILES string of the molecule is COc1ccc(-c2ccc([C@H]3[C@@H]4C=CC[C@H](C)[C@H]4C(=O)N3Cc3ccccc3)c(F)c2)cc1C. The lowest BCUT2D eigenvalue weighted by Crippen LogP contribution is -2.31. The molecule has 1 aliphatic carbocycles. The first kappa shape index (κ1) is 22.4. The molecular formula is C30H30FNO2. The Morgan fingerprint density at radius 2 is 1.76 bits per heavy atom. The minimum absolute atomic E-state index is 0.0245. The molecule has 0 spiro atoms. The van der Waals surface area contributed by atoms with E-state index in [1.807, 2.05) is 72.5 Å². The van der Waals surface area contributed by atoms with E-state index in [2.05, 4.69) is 19.1 Å². The lowest BCUT2D eigenvalue weighted by Gasteiger charge is -2.30. The predicted octanol–water partition coefficient (Wildman–Crippen LogP) is 6.72. The molecule has 0 bridgehead atoms. The normalized spacial score (nSPS) is 23.8. The summed E-state index contributed by atoms with van der Waals surface area (Å²) in [5.41, 5.74) is 4.40. The second-order valence-electron chi connectivity index (χ2n) is 9.56. The topological polar surface area (TPSA) is 29.5 Å². The number of allylic oxidation sites excluding steroid dienone is 1. The number of halogens is 1. The zero-order chi connectivity index (χ0) is 23.8. The largest absolute Gasteiger partial charge is 0.496 e. The number of carbonyl (C=O) groups is 1. The van der Waals surface area contributed by atoms with Crippen LogP contribution in [0.25, 0.3) is 11.1 Å². The first-order valence-electron chi connectivity index (χ1n) is 11.9. The van der Waals surface area contributed by atoms with Crippen LogP contribution in [0.5, 0.6) is 5.75 Å². The Bertz CT molecular complexity index is 1240. The number of fused-ring (bicyclic) bond motifs is 1. The number of benzene rings is 3. The van der Waals surface area contributed by atoms with Gasteiger partial charge in [-0.05, 0) is 59.7 Å². The third kappa shape index (κ3) is 3.91. The van der Waals surface area contributed by atoms with E-state index in [-0.39, 0.29) is 35.5 Å². The van der Waals surface area contributed by atoms with Crippen LogP contribution in [0.3, 0.4) is 0 Å². The fraction of sp³-hybridized carbons (Fsp3) is 0.300. The Hall–Kier alpha value is -3.40. The fourth-order valence-electron chi connectivity index (χ4n) is 5.68. The summed E-state index contributed by atoms with van der Waals surface area (Å²) in [6.07, 6.45) is 5.18. The molecule has 0 saturated carbocycles. The molecule has 1 heterocycles. The van der Waals surface area contributed by atoms with Crippen LogP contribution in [0.2, 0.25) is 0 Å². The molecule has 0 unspecified atom stereocenters. The highest BCUT2D eigenvalue weighted by molar-refractivity contribution is 5.83. The molecule has 3 aromatic carbocycles. The van der Waals surface area contributed by atoms with Crippen molar-refractivity contribution in [1.29, 1.82) is 0 Å². The van der Waals surface area contributed by atoms with E-state index in [4.69, 9.17) is 4.74 Å². The highest BCUT2D eigenvalue weighted by Crippen LogP contribution is 2.49. The van der Waals surface area contributed by atoms with Crippen molar-refractivity contribution >= 4 is 5.91 Å². The first-order valence-corrected chi connectivity index (χ1v) is 11.9. The van der Waals surface area contributed by atoms with E-state index >= 15 is 4.39 Å². The lowest BCUT2D eigenvalue weighted by atomic mass is 9.75. The van der Waals surface area contributed by atoms with Crippen LogP contribution in [-0.2, 0) is 11.3 Å². The molecule has 5 rings (SSSR count). The number of likely N-dealkylation sites (tertiary alicyclic amines) is 1. The van der Waals surface area contributed by atoms with E-state index in [9.17, 15) is 4.79 Å². The molecule has 174 valence electrons. The molecule has 34 heavy (non-hydrogen) atoms. The maximum atomic E-state index is 15.7.